The molecular formula is C14H17F3N2O. The third kappa shape index (κ3) is 2.95. The largest absolute Gasteiger partial charge is 0.416 e. The second kappa shape index (κ2) is 5.44. The van der Waals surface area contributed by atoms with Crippen molar-refractivity contribution in [1.82, 2.24) is 5.32 Å². The van der Waals surface area contributed by atoms with Gasteiger partial charge in [0.2, 0.25) is 5.91 Å². The third-order valence-corrected chi connectivity index (χ3v) is 3.92. The van der Waals surface area contributed by atoms with Crippen molar-refractivity contribution in [3.05, 3.63) is 35.4 Å². The first-order valence-corrected chi connectivity index (χ1v) is 6.52. The molecule has 3 N–H and O–H groups in total. The molecule has 1 aliphatic carbocycles. The summed E-state index contributed by atoms with van der Waals surface area (Å²) in [7, 11) is 0. The molecule has 0 unspecified atom stereocenters. The number of halogens is 3. The maximum Gasteiger partial charge on any atom is 0.416 e. The number of carbonyl (C=O) groups is 1. The van der Waals surface area contributed by atoms with Gasteiger partial charge in [-0.1, -0.05) is 18.6 Å². The van der Waals surface area contributed by atoms with Crippen LogP contribution < -0.4 is 11.1 Å². The molecule has 0 heterocycles. The molecular weight excluding hydrogens is 269 g/mol. The predicted octanol–water partition coefficient (Wildman–Crippen LogP) is 2.45. The van der Waals surface area contributed by atoms with Gasteiger partial charge in [-0.25, -0.2) is 0 Å². The van der Waals surface area contributed by atoms with Crippen molar-refractivity contribution in [2.24, 2.45) is 11.1 Å². The van der Waals surface area contributed by atoms with E-state index in [1.165, 1.54) is 12.1 Å². The molecule has 110 valence electrons. The topological polar surface area (TPSA) is 55.1 Å². The first-order valence-electron chi connectivity index (χ1n) is 6.52. The molecule has 3 nitrogen and oxygen atoms in total. The summed E-state index contributed by atoms with van der Waals surface area (Å²) < 4.78 is 37.2. The van der Waals surface area contributed by atoms with Crippen molar-refractivity contribution < 1.29 is 18.0 Å². The monoisotopic (exact) mass is 286 g/mol. The summed E-state index contributed by atoms with van der Waals surface area (Å²) in [4.78, 5) is 12.0. The van der Waals surface area contributed by atoms with Crippen LogP contribution in [0.15, 0.2) is 24.3 Å². The summed E-state index contributed by atoms with van der Waals surface area (Å²) in [5, 5.41) is 2.75. The van der Waals surface area contributed by atoms with Gasteiger partial charge in [-0.3, -0.25) is 4.79 Å². The summed E-state index contributed by atoms with van der Waals surface area (Å²) in [6.45, 7) is 0.532. The normalized spacial score (nSPS) is 17.4. The van der Waals surface area contributed by atoms with E-state index in [2.05, 4.69) is 5.32 Å². The average molecular weight is 286 g/mol. The zero-order valence-corrected chi connectivity index (χ0v) is 11.0. The lowest BCUT2D eigenvalue weighted by Gasteiger charge is -2.39. The fourth-order valence-electron chi connectivity index (χ4n) is 2.31. The van der Waals surface area contributed by atoms with E-state index >= 15 is 0 Å². The summed E-state index contributed by atoms with van der Waals surface area (Å²) in [5.74, 6) is -0.105. The Bertz CT molecular complexity index is 473. The Morgan fingerprint density at radius 1 is 1.25 bits per heavy atom. The number of nitrogens with one attached hydrogen (secondary N) is 1. The highest BCUT2D eigenvalue weighted by Gasteiger charge is 2.42. The highest BCUT2D eigenvalue weighted by molar-refractivity contribution is 5.83. The van der Waals surface area contributed by atoms with Gasteiger partial charge in [-0.15, -0.1) is 0 Å². The van der Waals surface area contributed by atoms with Crippen molar-refractivity contribution in [3.63, 3.8) is 0 Å². The molecule has 20 heavy (non-hydrogen) atoms. The van der Waals surface area contributed by atoms with Crippen molar-refractivity contribution in [1.29, 1.82) is 0 Å². The van der Waals surface area contributed by atoms with E-state index < -0.39 is 17.2 Å². The van der Waals surface area contributed by atoms with Crippen molar-refractivity contribution in [2.45, 2.75) is 32.0 Å². The second-order valence-electron chi connectivity index (χ2n) is 5.22. The van der Waals surface area contributed by atoms with Crippen LogP contribution in [0.4, 0.5) is 13.2 Å². The standard InChI is InChI=1S/C14H17F3N2O/c15-14(16,17)11-4-2-10(3-5-11)8-19-12(20)13(9-18)6-1-7-13/h2-5H,1,6-9,18H2,(H,19,20). The average Bonchev–Trinajstić information content (AvgIpc) is 2.35. The van der Waals surface area contributed by atoms with E-state index in [1.807, 2.05) is 0 Å². The maximum absolute atomic E-state index is 12.4. The molecule has 1 aliphatic rings. The fraction of sp³-hybridized carbons (Fsp3) is 0.500. The molecule has 0 spiro atoms. The third-order valence-electron chi connectivity index (χ3n) is 3.92. The van der Waals surface area contributed by atoms with Gasteiger partial charge < -0.3 is 11.1 Å². The van der Waals surface area contributed by atoms with Crippen LogP contribution in [-0.2, 0) is 17.5 Å². The van der Waals surface area contributed by atoms with Crippen LogP contribution in [0.5, 0.6) is 0 Å². The first kappa shape index (κ1) is 14.8. The number of amides is 1. The second-order valence-corrected chi connectivity index (χ2v) is 5.22. The van der Waals surface area contributed by atoms with Gasteiger partial charge in [0, 0.05) is 13.1 Å². The number of hydrogen-bond acceptors (Lipinski definition) is 2. The van der Waals surface area contributed by atoms with Crippen LogP contribution >= 0.6 is 0 Å². The molecule has 1 aromatic carbocycles. The van der Waals surface area contributed by atoms with Crippen molar-refractivity contribution in [2.75, 3.05) is 6.54 Å². The number of hydrogen-bond donors (Lipinski definition) is 2. The molecule has 0 saturated heterocycles. The quantitative estimate of drug-likeness (QED) is 0.893. The smallest absolute Gasteiger partial charge is 0.352 e. The minimum Gasteiger partial charge on any atom is -0.352 e. The zero-order valence-electron chi connectivity index (χ0n) is 11.0. The van der Waals surface area contributed by atoms with E-state index in [0.29, 0.717) is 12.1 Å². The van der Waals surface area contributed by atoms with Gasteiger partial charge in [-0.05, 0) is 30.5 Å². The summed E-state index contributed by atoms with van der Waals surface area (Å²) in [6.07, 6.45) is -1.78. The number of alkyl halides is 3. The Kier molecular flexibility index (Phi) is 4.04. The van der Waals surface area contributed by atoms with Crippen LogP contribution in [0, 0.1) is 5.41 Å². The van der Waals surface area contributed by atoms with E-state index in [9.17, 15) is 18.0 Å². The zero-order chi connectivity index (χ0) is 14.8. The Morgan fingerprint density at radius 2 is 1.85 bits per heavy atom. The number of rotatable bonds is 4. The summed E-state index contributed by atoms with van der Waals surface area (Å²) in [6, 6.07) is 4.78. The molecule has 0 bridgehead atoms. The predicted molar refractivity (Wildman–Crippen MR) is 68.6 cm³/mol. The van der Waals surface area contributed by atoms with Gasteiger partial charge in [-0.2, -0.15) is 13.2 Å². The van der Waals surface area contributed by atoms with Gasteiger partial charge in [0.25, 0.3) is 0 Å². The highest BCUT2D eigenvalue weighted by atomic mass is 19.4. The number of benzene rings is 1. The lowest BCUT2D eigenvalue weighted by atomic mass is 9.68. The van der Waals surface area contributed by atoms with Crippen molar-refractivity contribution >= 4 is 5.91 Å². The van der Waals surface area contributed by atoms with Crippen LogP contribution in [0.1, 0.15) is 30.4 Å². The first-order chi connectivity index (χ1) is 9.37. The minimum atomic E-state index is -4.34. The van der Waals surface area contributed by atoms with Crippen molar-refractivity contribution in [3.8, 4) is 0 Å². The van der Waals surface area contributed by atoms with Gasteiger partial charge >= 0.3 is 6.18 Å². The van der Waals surface area contributed by atoms with Crippen LogP contribution in [0.25, 0.3) is 0 Å². The van der Waals surface area contributed by atoms with Gasteiger partial charge in [0.1, 0.15) is 0 Å². The Morgan fingerprint density at radius 3 is 2.25 bits per heavy atom. The molecule has 1 amide bonds. The van der Waals surface area contributed by atoms with E-state index in [0.717, 1.165) is 31.4 Å². The minimum absolute atomic E-state index is 0.105. The molecule has 6 heteroatoms. The van der Waals surface area contributed by atoms with E-state index in [4.69, 9.17) is 5.73 Å². The Labute approximate surface area is 115 Å². The Balaban J connectivity index is 1.93. The number of nitrogens with two attached hydrogens (primary N) is 1. The molecule has 0 atom stereocenters. The Hall–Kier alpha value is -1.56. The van der Waals surface area contributed by atoms with E-state index in [1.54, 1.807) is 0 Å². The molecule has 1 saturated carbocycles. The molecule has 0 radical (unpaired) electrons. The lowest BCUT2D eigenvalue weighted by Crippen LogP contribution is -2.50. The summed E-state index contributed by atoms with van der Waals surface area (Å²) in [5.41, 5.74) is 5.10. The number of carbonyl (C=O) groups excluding carboxylic acids is 1. The SMILES string of the molecule is NCC1(C(=O)NCc2ccc(C(F)(F)F)cc2)CCC1. The van der Waals surface area contributed by atoms with Crippen LogP contribution in [0.2, 0.25) is 0 Å². The summed E-state index contributed by atoms with van der Waals surface area (Å²) >= 11 is 0. The van der Waals surface area contributed by atoms with Crippen LogP contribution in [-0.4, -0.2) is 12.5 Å². The fourth-order valence-corrected chi connectivity index (χ4v) is 2.31. The van der Waals surface area contributed by atoms with Gasteiger partial charge in [0.15, 0.2) is 0 Å². The van der Waals surface area contributed by atoms with Gasteiger partial charge in [0.05, 0.1) is 11.0 Å². The lowest BCUT2D eigenvalue weighted by molar-refractivity contribution is -0.138. The van der Waals surface area contributed by atoms with E-state index in [-0.39, 0.29) is 12.5 Å². The molecule has 1 aromatic rings. The molecule has 0 aliphatic heterocycles. The molecule has 0 aromatic heterocycles. The van der Waals surface area contributed by atoms with Crippen LogP contribution in [0.3, 0.4) is 0 Å². The highest BCUT2D eigenvalue weighted by Crippen LogP contribution is 2.40. The maximum atomic E-state index is 12.4. The molecule has 1 fully saturated rings. The molecule has 2 rings (SSSR count).